The molecule has 0 aliphatic carbocycles. The summed E-state index contributed by atoms with van der Waals surface area (Å²) in [6.45, 7) is 3.54. The van der Waals surface area contributed by atoms with Gasteiger partial charge in [0.05, 0.1) is 0 Å². The molecule has 1 fully saturated rings. The number of ether oxygens (including phenoxy) is 4. The van der Waals surface area contributed by atoms with E-state index in [0.717, 1.165) is 18.7 Å². The number of carbonyl (C=O) groups is 5. The highest BCUT2D eigenvalue weighted by Gasteiger charge is 2.56. The van der Waals surface area contributed by atoms with Crippen molar-refractivity contribution >= 4 is 29.8 Å². The average molecular weight is 359 g/mol. The van der Waals surface area contributed by atoms with E-state index in [4.69, 9.17) is 18.9 Å². The summed E-state index contributed by atoms with van der Waals surface area (Å²) >= 11 is 0. The maximum atomic E-state index is 12.3. The summed E-state index contributed by atoms with van der Waals surface area (Å²) < 4.78 is 20.0. The molecule has 0 aromatic carbocycles. The van der Waals surface area contributed by atoms with E-state index < -0.39 is 48.2 Å². The van der Waals surface area contributed by atoms with E-state index in [2.05, 4.69) is 0 Å². The fraction of sp³-hybridized carbons (Fsp3) is 0.667. The molecule has 0 spiro atoms. The predicted molar refractivity (Wildman–Crippen MR) is 79.3 cm³/mol. The van der Waals surface area contributed by atoms with Crippen LogP contribution in [0.15, 0.2) is 0 Å². The van der Waals surface area contributed by atoms with Crippen LogP contribution in [0.1, 0.15) is 34.1 Å². The zero-order chi connectivity index (χ0) is 19.2. The van der Waals surface area contributed by atoms with Crippen molar-refractivity contribution in [3.05, 3.63) is 0 Å². The highest BCUT2D eigenvalue weighted by molar-refractivity contribution is 5.81. The minimum atomic E-state index is -1.31. The number of nitrogens with zero attached hydrogens (tertiary/aromatic N) is 1. The first-order valence-corrected chi connectivity index (χ1v) is 7.44. The van der Waals surface area contributed by atoms with Gasteiger partial charge in [0, 0.05) is 34.1 Å². The molecule has 0 radical (unpaired) electrons. The molecule has 10 heteroatoms. The first-order valence-electron chi connectivity index (χ1n) is 7.44. The SMILES string of the molecule is CC(=O)OCN1C(=O)CC(COC(C)=O)(COC(C)=O)C1OC(C)=O. The van der Waals surface area contributed by atoms with E-state index in [0.29, 0.717) is 0 Å². The largest absolute Gasteiger partial charge is 0.465 e. The van der Waals surface area contributed by atoms with Crippen molar-refractivity contribution < 1.29 is 42.9 Å². The van der Waals surface area contributed by atoms with Crippen molar-refractivity contribution in [3.63, 3.8) is 0 Å². The van der Waals surface area contributed by atoms with E-state index in [1.165, 1.54) is 13.8 Å². The second-order valence-corrected chi connectivity index (χ2v) is 5.69. The molecule has 140 valence electrons. The molecule has 1 atom stereocenters. The Morgan fingerprint density at radius 2 is 1.40 bits per heavy atom. The number of carbonyl (C=O) groups excluding carboxylic acids is 5. The van der Waals surface area contributed by atoms with Gasteiger partial charge in [0.25, 0.3) is 0 Å². The van der Waals surface area contributed by atoms with E-state index in [1.54, 1.807) is 0 Å². The third kappa shape index (κ3) is 5.73. The van der Waals surface area contributed by atoms with Crippen LogP contribution in [0.2, 0.25) is 0 Å². The Morgan fingerprint density at radius 1 is 0.920 bits per heavy atom. The number of likely N-dealkylation sites (tertiary alicyclic amines) is 1. The molecule has 1 saturated heterocycles. The summed E-state index contributed by atoms with van der Waals surface area (Å²) in [6, 6.07) is 0. The van der Waals surface area contributed by atoms with Gasteiger partial charge in [0.2, 0.25) is 5.91 Å². The van der Waals surface area contributed by atoms with Crippen LogP contribution in [0.3, 0.4) is 0 Å². The lowest BCUT2D eigenvalue weighted by Crippen LogP contribution is -2.49. The molecule has 1 aliphatic heterocycles. The highest BCUT2D eigenvalue weighted by Crippen LogP contribution is 2.39. The van der Waals surface area contributed by atoms with Crippen molar-refractivity contribution in [2.24, 2.45) is 5.41 Å². The van der Waals surface area contributed by atoms with E-state index >= 15 is 0 Å². The molecule has 1 aliphatic rings. The van der Waals surface area contributed by atoms with Crippen LogP contribution in [0, 0.1) is 5.41 Å². The molecule has 25 heavy (non-hydrogen) atoms. The Kier molecular flexibility index (Phi) is 6.89. The molecule has 10 nitrogen and oxygen atoms in total. The van der Waals surface area contributed by atoms with Crippen LogP contribution < -0.4 is 0 Å². The Labute approximate surface area is 144 Å². The Hall–Kier alpha value is -2.65. The smallest absolute Gasteiger partial charge is 0.304 e. The molecule has 0 aromatic heterocycles. The number of rotatable bonds is 7. The summed E-state index contributed by atoms with van der Waals surface area (Å²) in [4.78, 5) is 58.2. The van der Waals surface area contributed by atoms with E-state index in [-0.39, 0.29) is 19.6 Å². The van der Waals surface area contributed by atoms with Gasteiger partial charge in [0.1, 0.15) is 18.6 Å². The van der Waals surface area contributed by atoms with Crippen LogP contribution in [-0.4, -0.2) is 60.9 Å². The topological polar surface area (TPSA) is 126 Å². The van der Waals surface area contributed by atoms with Gasteiger partial charge in [-0.25, -0.2) is 0 Å². The van der Waals surface area contributed by atoms with Gasteiger partial charge < -0.3 is 18.9 Å². The van der Waals surface area contributed by atoms with Gasteiger partial charge in [0.15, 0.2) is 13.0 Å². The summed E-state index contributed by atoms with van der Waals surface area (Å²) in [7, 11) is 0. The summed E-state index contributed by atoms with van der Waals surface area (Å²) in [6.07, 6.45) is -1.46. The molecule has 0 bridgehead atoms. The molecule has 0 N–H and O–H groups in total. The minimum Gasteiger partial charge on any atom is -0.465 e. The molecule has 0 aromatic rings. The van der Waals surface area contributed by atoms with Crippen LogP contribution in [-0.2, 0) is 42.9 Å². The van der Waals surface area contributed by atoms with E-state index in [9.17, 15) is 24.0 Å². The van der Waals surface area contributed by atoms with Gasteiger partial charge in [-0.1, -0.05) is 0 Å². The lowest BCUT2D eigenvalue weighted by Gasteiger charge is -2.35. The molecule has 1 unspecified atom stereocenters. The molecular weight excluding hydrogens is 338 g/mol. The molecular formula is C15H21NO9. The molecule has 1 heterocycles. The van der Waals surface area contributed by atoms with Crippen molar-refractivity contribution in [3.8, 4) is 0 Å². The Bertz CT molecular complexity index is 553. The van der Waals surface area contributed by atoms with Crippen LogP contribution in [0.5, 0.6) is 0 Å². The third-order valence-corrected chi connectivity index (χ3v) is 3.44. The number of hydrogen-bond donors (Lipinski definition) is 0. The summed E-state index contributed by atoms with van der Waals surface area (Å²) in [5.74, 6) is -3.08. The minimum absolute atomic E-state index is 0.229. The van der Waals surface area contributed by atoms with Gasteiger partial charge in [-0.2, -0.15) is 0 Å². The number of amides is 1. The monoisotopic (exact) mass is 359 g/mol. The average Bonchev–Trinajstić information content (AvgIpc) is 2.73. The van der Waals surface area contributed by atoms with Gasteiger partial charge in [-0.3, -0.25) is 28.9 Å². The lowest BCUT2D eigenvalue weighted by atomic mass is 9.87. The van der Waals surface area contributed by atoms with Crippen LogP contribution in [0.25, 0.3) is 0 Å². The first kappa shape index (κ1) is 20.4. The van der Waals surface area contributed by atoms with Crippen LogP contribution in [0.4, 0.5) is 0 Å². The fourth-order valence-electron chi connectivity index (χ4n) is 2.37. The van der Waals surface area contributed by atoms with Gasteiger partial charge >= 0.3 is 23.9 Å². The maximum absolute atomic E-state index is 12.3. The third-order valence-electron chi connectivity index (χ3n) is 3.44. The molecule has 1 rings (SSSR count). The highest BCUT2D eigenvalue weighted by atomic mass is 16.6. The molecule has 0 saturated carbocycles. The predicted octanol–water partition coefficient (Wildman–Crippen LogP) is -0.259. The second kappa shape index (κ2) is 8.45. The van der Waals surface area contributed by atoms with Crippen molar-refractivity contribution in [2.45, 2.75) is 40.3 Å². The number of hydrogen-bond acceptors (Lipinski definition) is 9. The van der Waals surface area contributed by atoms with Crippen molar-refractivity contribution in [2.75, 3.05) is 19.9 Å². The van der Waals surface area contributed by atoms with Crippen molar-refractivity contribution in [1.82, 2.24) is 4.90 Å². The Morgan fingerprint density at radius 3 is 1.80 bits per heavy atom. The quantitative estimate of drug-likeness (QED) is 0.446. The maximum Gasteiger partial charge on any atom is 0.304 e. The number of esters is 4. The molecule has 1 amide bonds. The van der Waals surface area contributed by atoms with Gasteiger partial charge in [-0.05, 0) is 0 Å². The van der Waals surface area contributed by atoms with E-state index in [1.807, 2.05) is 0 Å². The van der Waals surface area contributed by atoms with Crippen LogP contribution >= 0.6 is 0 Å². The summed E-state index contributed by atoms with van der Waals surface area (Å²) in [5.41, 5.74) is -1.31. The van der Waals surface area contributed by atoms with Gasteiger partial charge in [-0.15, -0.1) is 0 Å². The normalized spacial score (nSPS) is 18.5. The second-order valence-electron chi connectivity index (χ2n) is 5.69. The fourth-order valence-corrected chi connectivity index (χ4v) is 2.37. The zero-order valence-electron chi connectivity index (χ0n) is 14.5. The summed E-state index contributed by atoms with van der Waals surface area (Å²) in [5, 5.41) is 0. The first-order chi connectivity index (χ1) is 11.6. The lowest BCUT2D eigenvalue weighted by molar-refractivity contribution is -0.186. The van der Waals surface area contributed by atoms with Crippen molar-refractivity contribution in [1.29, 1.82) is 0 Å². The zero-order valence-corrected chi connectivity index (χ0v) is 14.5. The standard InChI is InChI=1S/C15H21NO9/c1-9(17)22-6-15(7-23-10(2)18)5-13(21)16(8-24-11(3)19)14(15)25-12(4)20/h14H,5-8H2,1-4H3. The Balaban J connectivity index is 3.15.